The van der Waals surface area contributed by atoms with Crippen molar-refractivity contribution in [3.05, 3.63) is 0 Å². The molecule has 0 aliphatic rings. The monoisotopic (exact) mass is 281 g/mol. The summed E-state index contributed by atoms with van der Waals surface area (Å²) in [7, 11) is 0. The molecule has 27 valence electrons. The summed E-state index contributed by atoms with van der Waals surface area (Å²) in [6.45, 7) is 0. The van der Waals surface area contributed by atoms with Crippen molar-refractivity contribution >= 4 is 33.8 Å². The van der Waals surface area contributed by atoms with E-state index in [-0.39, 0.29) is 70.1 Å². The second-order valence-corrected chi connectivity index (χ2v) is 0. The molecule has 0 saturated heterocycles. The molecule has 0 aromatic carbocycles. The van der Waals surface area contributed by atoms with E-state index in [0.717, 1.165) is 0 Å². The summed E-state index contributed by atoms with van der Waals surface area (Å²) in [5.74, 6) is 0. The zero-order chi connectivity index (χ0) is 0. The average molecular weight is 281 g/mol. The predicted octanol–water partition coefficient (Wildman–Crippen LogP) is -1.40. The molecule has 4 heavy (non-hydrogen) atoms. The third kappa shape index (κ3) is 8.84. The maximum Gasteiger partial charge on any atom is 0 e. The molecule has 0 aromatic heterocycles. The molecular weight excluding hydrogens is 274 g/mol. The van der Waals surface area contributed by atoms with Crippen LogP contribution in [0.3, 0.4) is 0 Å². The molecule has 1 atom stereocenters. The summed E-state index contributed by atoms with van der Waals surface area (Å²) in [5.41, 5.74) is 0. The second-order valence-electron chi connectivity index (χ2n) is 0. The second kappa shape index (κ2) is 18.3. The molecule has 0 spiro atoms. The van der Waals surface area contributed by atoms with Gasteiger partial charge in [-0.25, -0.2) is 0 Å². The summed E-state index contributed by atoms with van der Waals surface area (Å²) >= 11 is 0. The normalized spacial score (nSPS) is 0. The van der Waals surface area contributed by atoms with Crippen LogP contribution in [0.4, 0.5) is 0 Å². The molecule has 0 rings (SSSR count). The topological polar surface area (TPSA) is 0 Å². The van der Waals surface area contributed by atoms with Crippen LogP contribution in [-0.2, 0) is 36.3 Å². The molecule has 0 nitrogen and oxygen atoms in total. The van der Waals surface area contributed by atoms with Gasteiger partial charge in [0, 0.05) is 36.3 Å². The van der Waals surface area contributed by atoms with Gasteiger partial charge in [0.15, 0.2) is 0 Å². The van der Waals surface area contributed by atoms with E-state index in [9.17, 15) is 0 Å². The van der Waals surface area contributed by atoms with E-state index in [0.29, 0.717) is 0 Å². The smallest absolute Gasteiger partial charge is 0 e. The standard InChI is InChI=1S/Co.H3P.Sn.Zn.4H/h;1H3;;;;;;. The van der Waals surface area contributed by atoms with Gasteiger partial charge in [0.25, 0.3) is 0 Å². The Balaban J connectivity index is 0. The zero-order valence-electron chi connectivity index (χ0n) is 1.75. The average Bonchev–Trinajstić information content (AvgIpc) is 0. The van der Waals surface area contributed by atoms with Crippen molar-refractivity contribution < 1.29 is 36.3 Å². The molecule has 0 saturated carbocycles. The Bertz CT molecular complexity index is 8.00. The minimum absolute atomic E-state index is 0. The summed E-state index contributed by atoms with van der Waals surface area (Å²) in [4.78, 5) is 0. The molecule has 1 unspecified atom stereocenters. The Morgan fingerprint density at radius 3 is 1.00 bits per heavy atom. The van der Waals surface area contributed by atoms with Gasteiger partial charge in [0.1, 0.15) is 0 Å². The van der Waals surface area contributed by atoms with Gasteiger partial charge in [-0.3, -0.25) is 0 Å². The van der Waals surface area contributed by atoms with Crippen molar-refractivity contribution in [2.24, 2.45) is 0 Å². The van der Waals surface area contributed by atoms with E-state index >= 15 is 0 Å². The first-order valence-corrected chi connectivity index (χ1v) is 0. The number of hydrogen-bond donors (Lipinski definition) is 0. The number of hydrogen-bond acceptors (Lipinski definition) is 0. The molecule has 4 heteroatoms. The van der Waals surface area contributed by atoms with Crippen LogP contribution in [0.25, 0.3) is 0 Å². The molecule has 0 amide bonds. The first kappa shape index (κ1) is 32.8. The SMILES string of the molecule is P.[Co].[SnH4].[Zn]. The molecule has 0 aliphatic heterocycles. The van der Waals surface area contributed by atoms with Crippen LogP contribution >= 0.6 is 9.90 Å². The van der Waals surface area contributed by atoms with Crippen molar-refractivity contribution in [3.8, 4) is 0 Å². The first-order valence-electron chi connectivity index (χ1n) is 0. The molecule has 0 aliphatic carbocycles. The molecule has 0 fully saturated rings. The van der Waals surface area contributed by atoms with Crippen LogP contribution in [0.2, 0.25) is 0 Å². The van der Waals surface area contributed by atoms with Gasteiger partial charge >= 0.3 is 23.9 Å². The van der Waals surface area contributed by atoms with Crippen molar-refractivity contribution in [2.75, 3.05) is 0 Å². The van der Waals surface area contributed by atoms with Gasteiger partial charge in [-0.15, -0.1) is 0 Å². The van der Waals surface area contributed by atoms with E-state index in [2.05, 4.69) is 0 Å². The fraction of sp³-hybridized carbons (Fsp3) is 0. The van der Waals surface area contributed by atoms with Crippen LogP contribution in [0, 0.1) is 0 Å². The maximum atomic E-state index is 0. The van der Waals surface area contributed by atoms with Crippen molar-refractivity contribution in [1.82, 2.24) is 0 Å². The molecule has 0 aromatic rings. The van der Waals surface area contributed by atoms with Crippen LogP contribution < -0.4 is 0 Å². The fourth-order valence-corrected chi connectivity index (χ4v) is 0. The summed E-state index contributed by atoms with van der Waals surface area (Å²) in [5, 5.41) is 0. The third-order valence-electron chi connectivity index (χ3n) is 0. The summed E-state index contributed by atoms with van der Waals surface area (Å²) in [6, 6.07) is 0. The predicted molar refractivity (Wildman–Crippen MR) is 22.4 cm³/mol. The van der Waals surface area contributed by atoms with E-state index in [1.54, 1.807) is 0 Å². The van der Waals surface area contributed by atoms with Gasteiger partial charge in [-0.2, -0.15) is 9.90 Å². The van der Waals surface area contributed by atoms with Crippen molar-refractivity contribution in [2.45, 2.75) is 0 Å². The maximum absolute atomic E-state index is 0. The van der Waals surface area contributed by atoms with Gasteiger partial charge in [-0.1, -0.05) is 0 Å². The van der Waals surface area contributed by atoms with Crippen LogP contribution in [0.5, 0.6) is 0 Å². The Labute approximate surface area is 69.4 Å². The zero-order valence-corrected chi connectivity index (χ0v) is 7.17. The Hall–Kier alpha value is 2.36. The summed E-state index contributed by atoms with van der Waals surface area (Å²) < 4.78 is 0. The summed E-state index contributed by atoms with van der Waals surface area (Å²) in [6.07, 6.45) is 0. The van der Waals surface area contributed by atoms with E-state index in [4.69, 9.17) is 0 Å². The van der Waals surface area contributed by atoms with Crippen molar-refractivity contribution in [1.29, 1.82) is 0 Å². The largest absolute Gasteiger partial charge is 0 e. The number of rotatable bonds is 0. The molecule has 1 radical (unpaired) electrons. The quantitative estimate of drug-likeness (QED) is 0.378. The molecule has 0 N–H and O–H groups in total. The van der Waals surface area contributed by atoms with Crippen molar-refractivity contribution in [3.63, 3.8) is 0 Å². The van der Waals surface area contributed by atoms with Gasteiger partial charge < -0.3 is 0 Å². The Morgan fingerprint density at radius 1 is 1.00 bits per heavy atom. The third-order valence-corrected chi connectivity index (χ3v) is 0. The van der Waals surface area contributed by atoms with Crippen LogP contribution in [0.15, 0.2) is 0 Å². The molecular formula is H7CoPSnZn. The van der Waals surface area contributed by atoms with Gasteiger partial charge in [0.05, 0.1) is 0 Å². The van der Waals surface area contributed by atoms with E-state index in [1.807, 2.05) is 0 Å². The minimum atomic E-state index is 0. The molecule has 0 bridgehead atoms. The van der Waals surface area contributed by atoms with Gasteiger partial charge in [0.2, 0.25) is 0 Å². The minimum Gasteiger partial charge on any atom is 0 e. The van der Waals surface area contributed by atoms with Gasteiger partial charge in [-0.05, 0) is 0 Å². The fourth-order valence-electron chi connectivity index (χ4n) is 0. The van der Waals surface area contributed by atoms with Crippen LogP contribution in [0.1, 0.15) is 0 Å². The van der Waals surface area contributed by atoms with E-state index in [1.165, 1.54) is 0 Å². The Morgan fingerprint density at radius 2 is 1.00 bits per heavy atom. The van der Waals surface area contributed by atoms with Crippen LogP contribution in [-0.4, -0.2) is 23.9 Å². The van der Waals surface area contributed by atoms with E-state index < -0.39 is 0 Å². The molecule has 0 heterocycles. The Kier molecular flexibility index (Phi) is 150. The first-order chi connectivity index (χ1) is 0.